The third-order valence-corrected chi connectivity index (χ3v) is 4.45. The third-order valence-electron chi connectivity index (χ3n) is 3.86. The molecule has 3 rings (SSSR count). The molecule has 1 N–H and O–H groups in total. The zero-order valence-corrected chi connectivity index (χ0v) is 13.5. The van der Waals surface area contributed by atoms with Crippen LogP contribution in [-0.4, -0.2) is 20.9 Å². The van der Waals surface area contributed by atoms with Gasteiger partial charge in [-0.15, -0.1) is 0 Å². The second-order valence-corrected chi connectivity index (χ2v) is 6.21. The number of hydrogen-bond acceptors (Lipinski definition) is 2. The molecule has 0 atom stereocenters. The maximum absolute atomic E-state index is 14.0. The van der Waals surface area contributed by atoms with Crippen molar-refractivity contribution in [2.45, 2.75) is 25.8 Å². The molecule has 0 spiro atoms. The Labute approximate surface area is 142 Å². The van der Waals surface area contributed by atoms with Crippen LogP contribution < -0.4 is 0 Å². The Hall–Kier alpha value is -1.85. The fourth-order valence-corrected chi connectivity index (χ4v) is 3.27. The van der Waals surface area contributed by atoms with E-state index >= 15 is 0 Å². The molecule has 0 fully saturated rings. The largest absolute Gasteiger partial charge is 0.476 e. The van der Waals surface area contributed by atoms with E-state index in [9.17, 15) is 9.18 Å². The molecule has 7 heteroatoms. The summed E-state index contributed by atoms with van der Waals surface area (Å²) in [6.07, 6.45) is 3.50. The first-order valence-corrected chi connectivity index (χ1v) is 7.84. The molecule has 2 aromatic rings. The summed E-state index contributed by atoms with van der Waals surface area (Å²) in [6, 6.07) is 5.12. The van der Waals surface area contributed by atoms with Crippen LogP contribution in [0, 0.1) is 0 Å². The molecular weight excluding hydrogens is 342 g/mol. The SMILES string of the molecule is O=C(O)/C(F)=C1/CCCc2cnn(Cc3ccc(Cl)cc3Cl)c21. The van der Waals surface area contributed by atoms with Gasteiger partial charge < -0.3 is 5.11 Å². The van der Waals surface area contributed by atoms with Gasteiger partial charge in [0.05, 0.1) is 18.4 Å². The van der Waals surface area contributed by atoms with E-state index in [2.05, 4.69) is 5.10 Å². The molecule has 1 aliphatic carbocycles. The minimum absolute atomic E-state index is 0.196. The molecule has 1 aromatic carbocycles. The topological polar surface area (TPSA) is 55.1 Å². The van der Waals surface area contributed by atoms with Crippen LogP contribution in [0.2, 0.25) is 10.0 Å². The Morgan fingerprint density at radius 1 is 1.35 bits per heavy atom. The van der Waals surface area contributed by atoms with Gasteiger partial charge in [0.25, 0.3) is 0 Å². The van der Waals surface area contributed by atoms with Crippen molar-refractivity contribution in [2.75, 3.05) is 0 Å². The Morgan fingerprint density at radius 2 is 2.13 bits per heavy atom. The van der Waals surface area contributed by atoms with Crippen molar-refractivity contribution >= 4 is 34.7 Å². The summed E-state index contributed by atoms with van der Waals surface area (Å²) >= 11 is 12.1. The Bertz CT molecular complexity index is 814. The minimum Gasteiger partial charge on any atom is -0.476 e. The Balaban J connectivity index is 2.05. The Morgan fingerprint density at radius 3 is 2.83 bits per heavy atom. The van der Waals surface area contributed by atoms with E-state index < -0.39 is 11.8 Å². The highest BCUT2D eigenvalue weighted by atomic mass is 35.5. The quantitative estimate of drug-likeness (QED) is 0.834. The van der Waals surface area contributed by atoms with Crippen LogP contribution >= 0.6 is 23.2 Å². The zero-order valence-electron chi connectivity index (χ0n) is 12.0. The normalized spacial score (nSPS) is 16.1. The van der Waals surface area contributed by atoms with E-state index in [1.165, 1.54) is 0 Å². The van der Waals surface area contributed by atoms with Gasteiger partial charge in [0, 0.05) is 15.6 Å². The van der Waals surface area contributed by atoms with Gasteiger partial charge in [0.15, 0.2) is 0 Å². The summed E-state index contributed by atoms with van der Waals surface area (Å²) in [4.78, 5) is 11.0. The fraction of sp³-hybridized carbons (Fsp3) is 0.250. The number of carboxylic acids is 1. The van der Waals surface area contributed by atoms with Gasteiger partial charge in [-0.05, 0) is 42.5 Å². The van der Waals surface area contributed by atoms with Gasteiger partial charge in [0.1, 0.15) is 0 Å². The highest BCUT2D eigenvalue weighted by Gasteiger charge is 2.26. The molecule has 1 aliphatic rings. The maximum Gasteiger partial charge on any atom is 0.365 e. The molecule has 0 unspecified atom stereocenters. The van der Waals surface area contributed by atoms with Crippen LogP contribution in [0.25, 0.3) is 5.57 Å². The summed E-state index contributed by atoms with van der Waals surface area (Å²) in [7, 11) is 0. The average molecular weight is 355 g/mol. The number of rotatable bonds is 3. The highest BCUT2D eigenvalue weighted by molar-refractivity contribution is 6.35. The highest BCUT2D eigenvalue weighted by Crippen LogP contribution is 2.34. The van der Waals surface area contributed by atoms with Crippen molar-refractivity contribution < 1.29 is 14.3 Å². The van der Waals surface area contributed by atoms with Crippen molar-refractivity contribution in [1.29, 1.82) is 0 Å². The number of fused-ring (bicyclic) bond motifs is 1. The summed E-state index contributed by atoms with van der Waals surface area (Å²) in [5.74, 6) is -2.67. The van der Waals surface area contributed by atoms with Gasteiger partial charge >= 0.3 is 5.97 Å². The number of carbonyl (C=O) groups is 1. The van der Waals surface area contributed by atoms with Crippen molar-refractivity contribution in [1.82, 2.24) is 9.78 Å². The third kappa shape index (κ3) is 3.12. The standard InChI is InChI=1S/C16H13Cl2FN2O2/c17-11-5-4-10(13(18)6-11)8-21-15-9(7-20-21)2-1-3-12(15)14(19)16(22)23/h4-7H,1-3,8H2,(H,22,23)/b14-12+. The lowest BCUT2D eigenvalue weighted by molar-refractivity contribution is -0.134. The molecule has 0 amide bonds. The van der Waals surface area contributed by atoms with Crippen molar-refractivity contribution in [3.8, 4) is 0 Å². The first-order valence-electron chi connectivity index (χ1n) is 7.08. The van der Waals surface area contributed by atoms with Crippen LogP contribution in [0.3, 0.4) is 0 Å². The van der Waals surface area contributed by atoms with Gasteiger partial charge in [-0.2, -0.15) is 9.49 Å². The van der Waals surface area contributed by atoms with Crippen molar-refractivity contribution in [3.05, 3.63) is 57.1 Å². The molecule has 23 heavy (non-hydrogen) atoms. The van der Waals surface area contributed by atoms with Gasteiger partial charge in [0.2, 0.25) is 5.83 Å². The molecule has 0 bridgehead atoms. The fourth-order valence-electron chi connectivity index (χ4n) is 2.80. The lowest BCUT2D eigenvalue weighted by Crippen LogP contribution is -2.13. The number of allylic oxidation sites excluding steroid dienone is 1. The first kappa shape index (κ1) is 16.0. The number of benzene rings is 1. The molecule has 1 aromatic heterocycles. The lowest BCUT2D eigenvalue weighted by Gasteiger charge is -2.18. The van der Waals surface area contributed by atoms with Crippen molar-refractivity contribution in [2.24, 2.45) is 0 Å². The average Bonchev–Trinajstić information content (AvgIpc) is 2.92. The molecule has 4 nitrogen and oxygen atoms in total. The smallest absolute Gasteiger partial charge is 0.365 e. The lowest BCUT2D eigenvalue weighted by atomic mass is 9.92. The van der Waals surface area contributed by atoms with E-state index in [0.717, 1.165) is 17.5 Å². The van der Waals surface area contributed by atoms with Gasteiger partial charge in [-0.3, -0.25) is 4.68 Å². The van der Waals surface area contributed by atoms with E-state index in [4.69, 9.17) is 28.3 Å². The summed E-state index contributed by atoms with van der Waals surface area (Å²) in [5, 5.41) is 14.2. The molecule has 0 aliphatic heterocycles. The van der Waals surface area contributed by atoms with E-state index in [-0.39, 0.29) is 5.57 Å². The monoisotopic (exact) mass is 354 g/mol. The second kappa shape index (κ2) is 6.34. The molecular formula is C16H13Cl2FN2O2. The van der Waals surface area contributed by atoms with Crippen LogP contribution in [-0.2, 0) is 17.8 Å². The molecule has 0 saturated heterocycles. The molecule has 0 radical (unpaired) electrons. The number of halogens is 3. The minimum atomic E-state index is -1.55. The van der Waals surface area contributed by atoms with Crippen LogP contribution in [0.5, 0.6) is 0 Å². The van der Waals surface area contributed by atoms with Crippen LogP contribution in [0.4, 0.5) is 4.39 Å². The Kier molecular flexibility index (Phi) is 4.41. The van der Waals surface area contributed by atoms with E-state index in [0.29, 0.717) is 35.1 Å². The number of nitrogens with zero attached hydrogens (tertiary/aromatic N) is 2. The summed E-state index contributed by atoms with van der Waals surface area (Å²) in [5.41, 5.74) is 2.37. The first-order chi connectivity index (χ1) is 11.0. The predicted octanol–water partition coefficient (Wildman–Crippen LogP) is 4.34. The molecule has 0 saturated carbocycles. The molecule has 1 heterocycles. The molecule has 120 valence electrons. The van der Waals surface area contributed by atoms with Gasteiger partial charge in [-0.1, -0.05) is 29.3 Å². The number of aromatic nitrogens is 2. The zero-order chi connectivity index (χ0) is 16.6. The predicted molar refractivity (Wildman–Crippen MR) is 86.4 cm³/mol. The van der Waals surface area contributed by atoms with E-state index in [1.54, 1.807) is 29.1 Å². The number of aryl methyl sites for hydroxylation is 1. The van der Waals surface area contributed by atoms with Crippen molar-refractivity contribution in [3.63, 3.8) is 0 Å². The number of hydrogen-bond donors (Lipinski definition) is 1. The number of carboxylic acid groups (broad SMARTS) is 1. The second-order valence-electron chi connectivity index (χ2n) is 5.36. The van der Waals surface area contributed by atoms with Gasteiger partial charge in [-0.25, -0.2) is 4.79 Å². The summed E-state index contributed by atoms with van der Waals surface area (Å²) < 4.78 is 15.6. The van der Waals surface area contributed by atoms with Crippen LogP contribution in [0.15, 0.2) is 30.2 Å². The van der Waals surface area contributed by atoms with E-state index in [1.807, 2.05) is 0 Å². The van der Waals surface area contributed by atoms with Crippen LogP contribution in [0.1, 0.15) is 29.7 Å². The summed E-state index contributed by atoms with van der Waals surface area (Å²) in [6.45, 7) is 0.321. The number of aliphatic carboxylic acids is 1. The maximum atomic E-state index is 14.0.